The Bertz CT molecular complexity index is 842. The maximum Gasteiger partial charge on any atom is 0.404 e. The van der Waals surface area contributed by atoms with Crippen LogP contribution in [0.15, 0.2) is 16.9 Å². The molecule has 2 amide bonds. The summed E-state index contributed by atoms with van der Waals surface area (Å²) >= 11 is 3.05. The molecule has 0 fully saturated rings. The maximum atomic E-state index is 12.3. The van der Waals surface area contributed by atoms with Crippen LogP contribution >= 0.6 is 15.9 Å². The molecule has 2 rings (SSSR count). The minimum absolute atomic E-state index is 0.0260. The van der Waals surface area contributed by atoms with E-state index in [2.05, 4.69) is 31.4 Å². The van der Waals surface area contributed by atoms with Crippen LogP contribution in [0.4, 0.5) is 11.5 Å². The van der Waals surface area contributed by atoms with Gasteiger partial charge in [0.1, 0.15) is 10.2 Å². The van der Waals surface area contributed by atoms with Crippen molar-refractivity contribution in [2.45, 2.75) is 26.4 Å². The van der Waals surface area contributed by atoms with E-state index in [1.165, 1.54) is 26.7 Å². The van der Waals surface area contributed by atoms with Crippen molar-refractivity contribution in [3.05, 3.63) is 32.7 Å². The second-order valence-corrected chi connectivity index (χ2v) is 6.40. The van der Waals surface area contributed by atoms with Crippen molar-refractivity contribution < 1.29 is 14.5 Å². The molecule has 0 unspecified atom stereocenters. The van der Waals surface area contributed by atoms with Crippen LogP contribution in [-0.2, 0) is 17.9 Å². The highest BCUT2D eigenvalue weighted by atomic mass is 79.9. The Morgan fingerprint density at radius 2 is 2.12 bits per heavy atom. The van der Waals surface area contributed by atoms with Crippen LogP contribution in [0.2, 0.25) is 0 Å². The summed E-state index contributed by atoms with van der Waals surface area (Å²) < 4.78 is 3.06. The van der Waals surface area contributed by atoms with E-state index >= 15 is 0 Å². The second-order valence-electron chi connectivity index (χ2n) is 5.54. The lowest BCUT2D eigenvalue weighted by Gasteiger charge is -2.13. The normalized spacial score (nSPS) is 10.6. The van der Waals surface area contributed by atoms with Crippen molar-refractivity contribution in [2.75, 3.05) is 19.4 Å². The van der Waals surface area contributed by atoms with Gasteiger partial charge in [-0.3, -0.25) is 14.3 Å². The van der Waals surface area contributed by atoms with Gasteiger partial charge in [-0.1, -0.05) is 0 Å². The molecule has 2 aromatic heterocycles. The maximum absolute atomic E-state index is 12.3. The third-order valence-corrected chi connectivity index (χ3v) is 4.02. The first kappa shape index (κ1) is 19.6. The second kappa shape index (κ2) is 8.08. The van der Waals surface area contributed by atoms with Crippen LogP contribution in [0, 0.1) is 10.1 Å². The van der Waals surface area contributed by atoms with Crippen LogP contribution < -0.4 is 5.32 Å². The van der Waals surface area contributed by atoms with Gasteiger partial charge in [-0.05, 0) is 27.8 Å². The summed E-state index contributed by atoms with van der Waals surface area (Å²) in [6.45, 7) is 2.47. The first-order valence-electron chi connectivity index (χ1n) is 7.69. The van der Waals surface area contributed by atoms with Crippen molar-refractivity contribution in [3.8, 4) is 0 Å². The molecule has 0 atom stereocenters. The summed E-state index contributed by atoms with van der Waals surface area (Å²) in [5, 5.41) is 21.3. The number of carbonyl (C=O) groups is 2. The van der Waals surface area contributed by atoms with Crippen LogP contribution in [0.1, 0.15) is 23.8 Å². The quantitative estimate of drug-likeness (QED) is 0.526. The standard InChI is InChI=1S/C14H18BrN7O4/c1-4-21-12(14(24)19(2)3)10(7-16-21)17-11(23)5-6-20-8-9(15)13(18-20)22(25)26/h7-8H,4-6H2,1-3H3,(H,17,23). The number of halogens is 1. The number of nitrogens with zero attached hydrogens (tertiary/aromatic N) is 6. The number of nitro groups is 1. The highest BCUT2D eigenvalue weighted by Crippen LogP contribution is 2.22. The molecule has 0 saturated carbocycles. The van der Waals surface area contributed by atoms with E-state index < -0.39 is 4.92 Å². The highest BCUT2D eigenvalue weighted by molar-refractivity contribution is 9.10. The van der Waals surface area contributed by atoms with E-state index in [1.807, 2.05) is 6.92 Å². The van der Waals surface area contributed by atoms with Gasteiger partial charge in [0.05, 0.1) is 29.7 Å². The van der Waals surface area contributed by atoms with E-state index in [0.29, 0.717) is 17.9 Å². The average Bonchev–Trinajstić information content (AvgIpc) is 3.15. The van der Waals surface area contributed by atoms with Gasteiger partial charge in [0.2, 0.25) is 5.91 Å². The molecule has 0 radical (unpaired) electrons. The average molecular weight is 428 g/mol. The summed E-state index contributed by atoms with van der Waals surface area (Å²) in [5.74, 6) is -0.942. The molecule has 0 aliphatic heterocycles. The number of nitrogens with one attached hydrogen (secondary N) is 1. The van der Waals surface area contributed by atoms with E-state index in [-0.39, 0.29) is 35.1 Å². The van der Waals surface area contributed by atoms with Crippen LogP contribution in [0.25, 0.3) is 0 Å². The molecular weight excluding hydrogens is 410 g/mol. The number of aryl methyl sites for hydroxylation is 2. The molecule has 0 bridgehead atoms. The molecule has 26 heavy (non-hydrogen) atoms. The molecule has 0 spiro atoms. The molecule has 1 N–H and O–H groups in total. The number of aromatic nitrogens is 4. The summed E-state index contributed by atoms with van der Waals surface area (Å²) in [6.07, 6.45) is 2.88. The SMILES string of the molecule is CCn1ncc(NC(=O)CCn2cc(Br)c([N+](=O)[O-])n2)c1C(=O)N(C)C. The lowest BCUT2D eigenvalue weighted by molar-refractivity contribution is -0.390. The Labute approximate surface area is 157 Å². The molecule has 2 aromatic rings. The number of anilines is 1. The zero-order chi connectivity index (χ0) is 19.4. The van der Waals surface area contributed by atoms with Crippen molar-refractivity contribution in [1.29, 1.82) is 0 Å². The molecule has 0 aromatic carbocycles. The fourth-order valence-electron chi connectivity index (χ4n) is 2.21. The number of carbonyl (C=O) groups excluding carboxylic acids is 2. The number of rotatable bonds is 7. The van der Waals surface area contributed by atoms with Crippen LogP contribution in [-0.4, -0.2) is 55.3 Å². The van der Waals surface area contributed by atoms with E-state index in [0.717, 1.165) is 0 Å². The molecule has 140 valence electrons. The predicted octanol–water partition coefficient (Wildman–Crippen LogP) is 1.50. The molecule has 0 aliphatic rings. The lowest BCUT2D eigenvalue weighted by Crippen LogP contribution is -2.26. The zero-order valence-electron chi connectivity index (χ0n) is 14.5. The van der Waals surface area contributed by atoms with Gasteiger partial charge in [-0.2, -0.15) is 9.78 Å². The third kappa shape index (κ3) is 4.25. The molecule has 2 heterocycles. The van der Waals surface area contributed by atoms with E-state index in [1.54, 1.807) is 14.1 Å². The Hall–Kier alpha value is -2.76. The van der Waals surface area contributed by atoms with Crippen LogP contribution in [0.3, 0.4) is 0 Å². The zero-order valence-corrected chi connectivity index (χ0v) is 16.1. The fourth-order valence-corrected chi connectivity index (χ4v) is 2.67. The number of hydrogen-bond donors (Lipinski definition) is 1. The van der Waals surface area contributed by atoms with Gasteiger partial charge < -0.3 is 20.3 Å². The highest BCUT2D eigenvalue weighted by Gasteiger charge is 2.22. The van der Waals surface area contributed by atoms with Crippen molar-refractivity contribution >= 4 is 39.2 Å². The Balaban J connectivity index is 2.06. The Kier molecular flexibility index (Phi) is 6.08. The topological polar surface area (TPSA) is 128 Å². The van der Waals surface area contributed by atoms with Crippen molar-refractivity contribution in [2.24, 2.45) is 0 Å². The molecular formula is C14H18BrN7O4. The monoisotopic (exact) mass is 427 g/mol. The Morgan fingerprint density at radius 1 is 1.42 bits per heavy atom. The van der Waals surface area contributed by atoms with Gasteiger partial charge in [0.25, 0.3) is 5.91 Å². The summed E-state index contributed by atoms with van der Waals surface area (Å²) in [5.41, 5.74) is 0.617. The van der Waals surface area contributed by atoms with E-state index in [4.69, 9.17) is 0 Å². The largest absolute Gasteiger partial charge is 0.404 e. The fraction of sp³-hybridized carbons (Fsp3) is 0.429. The van der Waals surface area contributed by atoms with Gasteiger partial charge in [0.15, 0.2) is 0 Å². The van der Waals surface area contributed by atoms with Gasteiger partial charge in [-0.15, -0.1) is 0 Å². The lowest BCUT2D eigenvalue weighted by atomic mass is 10.3. The number of amides is 2. The third-order valence-electron chi connectivity index (χ3n) is 3.46. The molecule has 12 heteroatoms. The van der Waals surface area contributed by atoms with Gasteiger partial charge in [-0.25, -0.2) is 0 Å². The smallest absolute Gasteiger partial charge is 0.358 e. The summed E-state index contributed by atoms with van der Waals surface area (Å²) in [7, 11) is 3.23. The first-order chi connectivity index (χ1) is 12.2. The minimum atomic E-state index is -0.612. The van der Waals surface area contributed by atoms with Gasteiger partial charge in [0, 0.05) is 27.1 Å². The van der Waals surface area contributed by atoms with Crippen molar-refractivity contribution in [1.82, 2.24) is 24.5 Å². The summed E-state index contributed by atoms with van der Waals surface area (Å²) in [4.78, 5) is 36.1. The minimum Gasteiger partial charge on any atom is -0.358 e. The van der Waals surface area contributed by atoms with E-state index in [9.17, 15) is 19.7 Å². The Morgan fingerprint density at radius 3 is 2.65 bits per heavy atom. The summed E-state index contributed by atoms with van der Waals surface area (Å²) in [6, 6.07) is 0. The number of hydrogen-bond acceptors (Lipinski definition) is 6. The molecule has 0 saturated heterocycles. The van der Waals surface area contributed by atoms with Gasteiger partial charge >= 0.3 is 5.82 Å². The van der Waals surface area contributed by atoms with Crippen LogP contribution in [0.5, 0.6) is 0 Å². The first-order valence-corrected chi connectivity index (χ1v) is 8.48. The predicted molar refractivity (Wildman–Crippen MR) is 95.7 cm³/mol. The molecule has 11 nitrogen and oxygen atoms in total. The molecule has 0 aliphatic carbocycles. The van der Waals surface area contributed by atoms with Crippen molar-refractivity contribution in [3.63, 3.8) is 0 Å².